The monoisotopic (exact) mass is 265 g/mol. The summed E-state index contributed by atoms with van der Waals surface area (Å²) in [6.45, 7) is 5.61. The third-order valence-electron chi connectivity index (χ3n) is 3.59. The third-order valence-corrected chi connectivity index (χ3v) is 3.59. The van der Waals surface area contributed by atoms with E-state index in [1.165, 1.54) is 31.0 Å². The van der Waals surface area contributed by atoms with Crippen LogP contribution >= 0.6 is 0 Å². The molecule has 0 amide bonds. The van der Waals surface area contributed by atoms with Gasteiger partial charge in [0.2, 0.25) is 0 Å². The van der Waals surface area contributed by atoms with E-state index in [0.717, 1.165) is 12.5 Å². The van der Waals surface area contributed by atoms with Crippen LogP contribution in [0, 0.1) is 11.7 Å². The Morgan fingerprint density at radius 1 is 1.47 bits per heavy atom. The lowest BCUT2D eigenvalue weighted by molar-refractivity contribution is 0.0696. The maximum Gasteiger partial charge on any atom is 0.335 e. The minimum atomic E-state index is -1.01. The van der Waals surface area contributed by atoms with Gasteiger partial charge in [0.05, 0.1) is 5.56 Å². The Bertz CT molecular complexity index is 469. The largest absolute Gasteiger partial charge is 0.478 e. The number of rotatable bonds is 6. The standard InChI is InChI=1S/C15H20FNO2/c1-10(2)17(8-11-3-4-11)9-13-7-12(15(18)19)5-6-14(13)16/h5-7,10-11H,3-4,8-9H2,1-2H3,(H,18,19). The van der Waals surface area contributed by atoms with Crippen LogP contribution < -0.4 is 0 Å². The van der Waals surface area contributed by atoms with Crippen molar-refractivity contribution in [3.05, 3.63) is 35.1 Å². The zero-order valence-electron chi connectivity index (χ0n) is 11.4. The second-order valence-electron chi connectivity index (χ2n) is 5.58. The highest BCUT2D eigenvalue weighted by Crippen LogP contribution is 2.31. The minimum Gasteiger partial charge on any atom is -0.478 e. The quantitative estimate of drug-likeness (QED) is 0.859. The molecule has 0 unspecified atom stereocenters. The van der Waals surface area contributed by atoms with Crippen molar-refractivity contribution < 1.29 is 14.3 Å². The Hall–Kier alpha value is -1.42. The molecule has 0 bridgehead atoms. The van der Waals surface area contributed by atoms with Crippen LogP contribution in [0.5, 0.6) is 0 Å². The number of carbonyl (C=O) groups is 1. The highest BCUT2D eigenvalue weighted by atomic mass is 19.1. The number of hydrogen-bond donors (Lipinski definition) is 1. The predicted octanol–water partition coefficient (Wildman–Crippen LogP) is 3.14. The molecular formula is C15H20FNO2. The molecule has 1 N–H and O–H groups in total. The topological polar surface area (TPSA) is 40.5 Å². The molecule has 1 aliphatic carbocycles. The zero-order chi connectivity index (χ0) is 14.0. The predicted molar refractivity (Wildman–Crippen MR) is 71.6 cm³/mol. The summed E-state index contributed by atoms with van der Waals surface area (Å²) < 4.78 is 13.8. The summed E-state index contributed by atoms with van der Waals surface area (Å²) in [7, 11) is 0. The summed E-state index contributed by atoms with van der Waals surface area (Å²) in [5, 5.41) is 8.96. The number of aromatic carboxylic acids is 1. The van der Waals surface area contributed by atoms with Crippen molar-refractivity contribution in [2.75, 3.05) is 6.54 Å². The van der Waals surface area contributed by atoms with E-state index in [4.69, 9.17) is 5.11 Å². The van der Waals surface area contributed by atoms with E-state index in [1.807, 2.05) is 0 Å². The van der Waals surface area contributed by atoms with Crippen LogP contribution in [0.2, 0.25) is 0 Å². The molecule has 0 spiro atoms. The van der Waals surface area contributed by atoms with Gasteiger partial charge in [0.1, 0.15) is 5.82 Å². The van der Waals surface area contributed by atoms with Crippen molar-refractivity contribution in [3.63, 3.8) is 0 Å². The molecule has 1 aromatic carbocycles. The number of hydrogen-bond acceptors (Lipinski definition) is 2. The van der Waals surface area contributed by atoms with Crippen LogP contribution in [0.25, 0.3) is 0 Å². The van der Waals surface area contributed by atoms with Gasteiger partial charge in [-0.1, -0.05) is 0 Å². The fourth-order valence-corrected chi connectivity index (χ4v) is 2.14. The third kappa shape index (κ3) is 3.77. The van der Waals surface area contributed by atoms with E-state index in [-0.39, 0.29) is 11.4 Å². The van der Waals surface area contributed by atoms with Gasteiger partial charge in [-0.15, -0.1) is 0 Å². The lowest BCUT2D eigenvalue weighted by Gasteiger charge is -2.26. The van der Waals surface area contributed by atoms with Crippen LogP contribution in [0.1, 0.15) is 42.6 Å². The van der Waals surface area contributed by atoms with E-state index in [1.54, 1.807) is 0 Å². The molecule has 0 saturated heterocycles. The summed E-state index contributed by atoms with van der Waals surface area (Å²) in [4.78, 5) is 13.1. The first-order valence-electron chi connectivity index (χ1n) is 6.73. The molecule has 0 radical (unpaired) electrons. The molecule has 4 heteroatoms. The van der Waals surface area contributed by atoms with Crippen molar-refractivity contribution >= 4 is 5.97 Å². The lowest BCUT2D eigenvalue weighted by atomic mass is 10.1. The first-order chi connectivity index (χ1) is 8.97. The van der Waals surface area contributed by atoms with Gasteiger partial charge < -0.3 is 5.11 Å². The van der Waals surface area contributed by atoms with Gasteiger partial charge in [-0.3, -0.25) is 4.90 Å². The number of nitrogens with zero attached hydrogens (tertiary/aromatic N) is 1. The lowest BCUT2D eigenvalue weighted by Crippen LogP contribution is -2.32. The molecule has 0 atom stereocenters. The average Bonchev–Trinajstić information content (AvgIpc) is 3.14. The Kier molecular flexibility index (Phi) is 4.20. The van der Waals surface area contributed by atoms with Gasteiger partial charge in [-0.25, -0.2) is 9.18 Å². The minimum absolute atomic E-state index is 0.145. The summed E-state index contributed by atoms with van der Waals surface area (Å²) >= 11 is 0. The molecular weight excluding hydrogens is 245 g/mol. The number of benzene rings is 1. The van der Waals surface area contributed by atoms with Gasteiger partial charge in [-0.2, -0.15) is 0 Å². The van der Waals surface area contributed by atoms with Crippen LogP contribution in [0.15, 0.2) is 18.2 Å². The first kappa shape index (κ1) is 14.0. The van der Waals surface area contributed by atoms with Crippen molar-refractivity contribution in [3.8, 4) is 0 Å². The second kappa shape index (κ2) is 5.70. The van der Waals surface area contributed by atoms with Crippen molar-refractivity contribution in [2.24, 2.45) is 5.92 Å². The SMILES string of the molecule is CC(C)N(Cc1cc(C(=O)O)ccc1F)CC1CC1. The van der Waals surface area contributed by atoms with Crippen LogP contribution in [0.4, 0.5) is 4.39 Å². The van der Waals surface area contributed by atoms with Gasteiger partial charge in [-0.05, 0) is 50.8 Å². The molecule has 0 aliphatic heterocycles. The van der Waals surface area contributed by atoms with E-state index in [2.05, 4.69) is 18.7 Å². The molecule has 1 aromatic rings. The normalized spacial score (nSPS) is 15.2. The highest BCUT2D eigenvalue weighted by molar-refractivity contribution is 5.87. The average molecular weight is 265 g/mol. The Morgan fingerprint density at radius 2 is 2.16 bits per heavy atom. The van der Waals surface area contributed by atoms with Gasteiger partial charge in [0.25, 0.3) is 0 Å². The van der Waals surface area contributed by atoms with E-state index < -0.39 is 5.97 Å². The number of halogens is 1. The second-order valence-corrected chi connectivity index (χ2v) is 5.58. The van der Waals surface area contributed by atoms with E-state index in [0.29, 0.717) is 18.2 Å². The van der Waals surface area contributed by atoms with E-state index >= 15 is 0 Å². The zero-order valence-corrected chi connectivity index (χ0v) is 11.4. The van der Waals surface area contributed by atoms with Crippen LogP contribution in [-0.2, 0) is 6.54 Å². The van der Waals surface area contributed by atoms with Crippen LogP contribution in [-0.4, -0.2) is 28.6 Å². The van der Waals surface area contributed by atoms with Gasteiger partial charge in [0.15, 0.2) is 0 Å². The van der Waals surface area contributed by atoms with Crippen molar-refractivity contribution in [2.45, 2.75) is 39.3 Å². The highest BCUT2D eigenvalue weighted by Gasteiger charge is 2.26. The molecule has 0 heterocycles. The molecule has 104 valence electrons. The van der Waals surface area contributed by atoms with Crippen LogP contribution in [0.3, 0.4) is 0 Å². The van der Waals surface area contributed by atoms with Gasteiger partial charge >= 0.3 is 5.97 Å². The smallest absolute Gasteiger partial charge is 0.335 e. The molecule has 1 saturated carbocycles. The van der Waals surface area contributed by atoms with Crippen molar-refractivity contribution in [1.29, 1.82) is 0 Å². The fraction of sp³-hybridized carbons (Fsp3) is 0.533. The molecule has 1 aliphatic rings. The van der Waals surface area contributed by atoms with Crippen molar-refractivity contribution in [1.82, 2.24) is 4.90 Å². The fourth-order valence-electron chi connectivity index (χ4n) is 2.14. The molecule has 2 rings (SSSR count). The summed E-state index contributed by atoms with van der Waals surface area (Å²) in [6, 6.07) is 4.32. The Morgan fingerprint density at radius 3 is 2.68 bits per heavy atom. The Balaban J connectivity index is 2.14. The maximum absolute atomic E-state index is 13.8. The molecule has 1 fully saturated rings. The van der Waals surface area contributed by atoms with E-state index in [9.17, 15) is 9.18 Å². The number of carboxylic acids is 1. The summed E-state index contributed by atoms with van der Waals surface area (Å²) in [6.07, 6.45) is 2.50. The summed E-state index contributed by atoms with van der Waals surface area (Å²) in [5.41, 5.74) is 0.612. The summed E-state index contributed by atoms with van der Waals surface area (Å²) in [5.74, 6) is -0.612. The Labute approximate surface area is 113 Å². The molecule has 0 aromatic heterocycles. The van der Waals surface area contributed by atoms with Gasteiger partial charge in [0, 0.05) is 24.7 Å². The first-order valence-corrected chi connectivity index (χ1v) is 6.73. The number of carboxylic acid groups (broad SMARTS) is 1. The molecule has 3 nitrogen and oxygen atoms in total. The molecule has 19 heavy (non-hydrogen) atoms. The maximum atomic E-state index is 13.8.